The minimum Gasteiger partial charge on any atom is -0.489 e. The van der Waals surface area contributed by atoms with Crippen molar-refractivity contribution in [3.63, 3.8) is 0 Å². The third-order valence-corrected chi connectivity index (χ3v) is 5.66. The summed E-state index contributed by atoms with van der Waals surface area (Å²) in [6.45, 7) is 4.73. The van der Waals surface area contributed by atoms with Crippen molar-refractivity contribution in [2.24, 2.45) is 0 Å². The van der Waals surface area contributed by atoms with Crippen LogP contribution in [-0.4, -0.2) is 18.5 Å². The number of thioether (sulfide) groups is 1. The summed E-state index contributed by atoms with van der Waals surface area (Å²) < 4.78 is 6.20. The van der Waals surface area contributed by atoms with E-state index < -0.39 is 0 Å². The highest BCUT2D eigenvalue weighted by atomic mass is 32.2. The van der Waals surface area contributed by atoms with E-state index in [1.807, 2.05) is 19.4 Å². The molecule has 1 aliphatic rings. The van der Waals surface area contributed by atoms with Crippen molar-refractivity contribution in [2.75, 3.05) is 18.2 Å². The normalized spacial score (nSPS) is 13.5. The summed E-state index contributed by atoms with van der Waals surface area (Å²) in [6.07, 6.45) is 5.29. The van der Waals surface area contributed by atoms with E-state index in [0.29, 0.717) is 12.5 Å². The fraction of sp³-hybridized carbons (Fsp3) is 0.409. The van der Waals surface area contributed by atoms with Gasteiger partial charge in [-0.2, -0.15) is 0 Å². The van der Waals surface area contributed by atoms with E-state index in [1.54, 1.807) is 4.90 Å². The van der Waals surface area contributed by atoms with Crippen molar-refractivity contribution in [3.8, 4) is 5.75 Å². The molecule has 1 fully saturated rings. The van der Waals surface area contributed by atoms with Gasteiger partial charge in [-0.15, -0.1) is 0 Å². The van der Waals surface area contributed by atoms with Crippen LogP contribution in [0.1, 0.15) is 47.9 Å². The van der Waals surface area contributed by atoms with Gasteiger partial charge in [-0.25, -0.2) is 0 Å². The average molecular weight is 370 g/mol. The summed E-state index contributed by atoms with van der Waals surface area (Å²) >= 11 is 1.23. The Morgan fingerprint density at radius 3 is 2.65 bits per heavy atom. The Labute approximate surface area is 160 Å². The Kier molecular flexibility index (Phi) is 5.92. The number of anilines is 1. The standard InChI is InChI=1S/C22H27NO2S/c1-5-16-9-12-21(15(2)13-16)25-14-19-18(17-10-11-17)7-6-8-20(19)23(3)22(24)26-4/h6-9,12-13,17H,5,10-11,14H2,1-4H3. The second kappa shape index (κ2) is 8.17. The van der Waals surface area contributed by atoms with E-state index in [1.165, 1.54) is 35.7 Å². The highest BCUT2D eigenvalue weighted by Gasteiger charge is 2.28. The molecule has 3 nitrogen and oxygen atoms in total. The first-order chi connectivity index (χ1) is 12.5. The Hall–Kier alpha value is -1.94. The maximum Gasteiger partial charge on any atom is 0.285 e. The molecule has 1 aliphatic carbocycles. The number of benzene rings is 2. The van der Waals surface area contributed by atoms with E-state index in [4.69, 9.17) is 4.74 Å². The predicted octanol–water partition coefficient (Wildman–Crippen LogP) is 5.93. The van der Waals surface area contributed by atoms with Gasteiger partial charge in [0.05, 0.1) is 5.69 Å². The van der Waals surface area contributed by atoms with Crippen LogP contribution in [0.2, 0.25) is 0 Å². The zero-order valence-electron chi connectivity index (χ0n) is 16.0. The van der Waals surface area contributed by atoms with Crippen LogP contribution in [0.4, 0.5) is 10.5 Å². The molecule has 138 valence electrons. The number of hydrogen-bond donors (Lipinski definition) is 0. The molecular weight excluding hydrogens is 342 g/mol. The lowest BCUT2D eigenvalue weighted by Crippen LogP contribution is -2.23. The van der Waals surface area contributed by atoms with Crippen LogP contribution in [0.3, 0.4) is 0 Å². The van der Waals surface area contributed by atoms with Gasteiger partial charge < -0.3 is 9.64 Å². The molecule has 0 aromatic heterocycles. The number of nitrogens with zero attached hydrogens (tertiary/aromatic N) is 1. The van der Waals surface area contributed by atoms with Gasteiger partial charge >= 0.3 is 0 Å². The summed E-state index contributed by atoms with van der Waals surface area (Å²) in [5, 5.41) is 0.0441. The number of hydrogen-bond acceptors (Lipinski definition) is 3. The molecule has 26 heavy (non-hydrogen) atoms. The number of carbonyl (C=O) groups is 1. The number of ether oxygens (including phenoxy) is 1. The molecule has 0 saturated heterocycles. The zero-order valence-corrected chi connectivity index (χ0v) is 16.9. The van der Waals surface area contributed by atoms with Crippen LogP contribution in [-0.2, 0) is 13.0 Å². The van der Waals surface area contributed by atoms with Gasteiger partial charge in [0.25, 0.3) is 5.24 Å². The van der Waals surface area contributed by atoms with Gasteiger partial charge in [-0.1, -0.05) is 43.0 Å². The Morgan fingerprint density at radius 1 is 1.27 bits per heavy atom. The van der Waals surface area contributed by atoms with Gasteiger partial charge in [0.1, 0.15) is 12.4 Å². The fourth-order valence-electron chi connectivity index (χ4n) is 3.32. The third kappa shape index (κ3) is 4.07. The molecule has 3 rings (SSSR count). The second-order valence-electron chi connectivity index (χ2n) is 6.89. The van der Waals surface area contributed by atoms with E-state index in [2.05, 4.69) is 44.2 Å². The molecule has 2 aromatic carbocycles. The van der Waals surface area contributed by atoms with Gasteiger partial charge in [-0.05, 0) is 67.2 Å². The minimum absolute atomic E-state index is 0.0441. The first-order valence-electron chi connectivity index (χ1n) is 9.21. The lowest BCUT2D eigenvalue weighted by molar-refractivity contribution is 0.266. The summed E-state index contributed by atoms with van der Waals surface area (Å²) in [4.78, 5) is 13.9. The third-order valence-electron chi connectivity index (χ3n) is 5.03. The highest BCUT2D eigenvalue weighted by molar-refractivity contribution is 8.13. The van der Waals surface area contributed by atoms with Gasteiger partial charge in [-0.3, -0.25) is 4.79 Å². The SMILES string of the molecule is CCc1ccc(OCc2c(C3CC3)cccc2N(C)C(=O)SC)c(C)c1. The smallest absolute Gasteiger partial charge is 0.285 e. The molecule has 0 radical (unpaired) electrons. The molecule has 0 heterocycles. The molecule has 0 N–H and O–H groups in total. The van der Waals surface area contributed by atoms with Crippen molar-refractivity contribution in [3.05, 3.63) is 58.7 Å². The van der Waals surface area contributed by atoms with E-state index >= 15 is 0 Å². The first-order valence-corrected chi connectivity index (χ1v) is 10.4. The molecule has 0 bridgehead atoms. The van der Waals surface area contributed by atoms with E-state index in [9.17, 15) is 4.79 Å². The lowest BCUT2D eigenvalue weighted by Gasteiger charge is -2.22. The summed E-state index contributed by atoms with van der Waals surface area (Å²) in [6, 6.07) is 12.6. The van der Waals surface area contributed by atoms with Crippen LogP contribution in [0.15, 0.2) is 36.4 Å². The number of amides is 1. The van der Waals surface area contributed by atoms with Crippen molar-refractivity contribution >= 4 is 22.7 Å². The van der Waals surface area contributed by atoms with Crippen LogP contribution < -0.4 is 9.64 Å². The summed E-state index contributed by atoms with van der Waals surface area (Å²) in [7, 11) is 1.84. The molecule has 0 unspecified atom stereocenters. The van der Waals surface area contributed by atoms with Crippen LogP contribution >= 0.6 is 11.8 Å². The van der Waals surface area contributed by atoms with Gasteiger partial charge in [0, 0.05) is 12.6 Å². The average Bonchev–Trinajstić information content (AvgIpc) is 3.50. The van der Waals surface area contributed by atoms with E-state index in [0.717, 1.165) is 29.0 Å². The maximum atomic E-state index is 12.2. The largest absolute Gasteiger partial charge is 0.489 e. The maximum absolute atomic E-state index is 12.2. The number of rotatable bonds is 6. The van der Waals surface area contributed by atoms with Gasteiger partial charge in [0.2, 0.25) is 0 Å². The summed E-state index contributed by atoms with van der Waals surface area (Å²) in [5.74, 6) is 1.52. The van der Waals surface area contributed by atoms with Crippen molar-refractivity contribution in [1.29, 1.82) is 0 Å². The topological polar surface area (TPSA) is 29.5 Å². The number of aryl methyl sites for hydroxylation is 2. The van der Waals surface area contributed by atoms with E-state index in [-0.39, 0.29) is 5.24 Å². The van der Waals surface area contributed by atoms with Gasteiger partial charge in [0.15, 0.2) is 0 Å². The molecule has 0 atom stereocenters. The molecule has 1 saturated carbocycles. The second-order valence-corrected chi connectivity index (χ2v) is 7.65. The molecular formula is C22H27NO2S. The molecule has 2 aromatic rings. The molecule has 0 aliphatic heterocycles. The predicted molar refractivity (Wildman–Crippen MR) is 111 cm³/mol. The molecule has 4 heteroatoms. The van der Waals surface area contributed by atoms with Crippen molar-refractivity contribution in [1.82, 2.24) is 0 Å². The van der Waals surface area contributed by atoms with Crippen molar-refractivity contribution in [2.45, 2.75) is 45.6 Å². The van der Waals surface area contributed by atoms with Crippen LogP contribution in [0.5, 0.6) is 5.75 Å². The zero-order chi connectivity index (χ0) is 18.7. The minimum atomic E-state index is 0.0441. The summed E-state index contributed by atoms with van der Waals surface area (Å²) in [5.41, 5.74) is 5.89. The monoisotopic (exact) mass is 369 g/mol. The fourth-order valence-corrected chi connectivity index (χ4v) is 3.69. The van der Waals surface area contributed by atoms with Crippen LogP contribution in [0, 0.1) is 6.92 Å². The Bertz CT molecular complexity index is 799. The first kappa shape index (κ1) is 18.8. The quantitative estimate of drug-likeness (QED) is 0.632. The van der Waals surface area contributed by atoms with Crippen LogP contribution in [0.25, 0.3) is 0 Å². The number of carbonyl (C=O) groups excluding carboxylic acids is 1. The lowest BCUT2D eigenvalue weighted by atomic mass is 10.0. The Balaban J connectivity index is 1.89. The molecule has 1 amide bonds. The Morgan fingerprint density at radius 2 is 2.04 bits per heavy atom. The highest BCUT2D eigenvalue weighted by Crippen LogP contribution is 2.44. The molecule has 0 spiro atoms. The van der Waals surface area contributed by atoms with Crippen molar-refractivity contribution < 1.29 is 9.53 Å².